The smallest absolute Gasteiger partial charge is 0.0170 e. The second-order valence-corrected chi connectivity index (χ2v) is 8.06. The lowest BCUT2D eigenvalue weighted by atomic mass is 9.54. The maximum atomic E-state index is 2.39. The molecule has 0 N–H and O–H groups in total. The lowest BCUT2D eigenvalue weighted by Gasteiger charge is -2.49. The van der Waals surface area contributed by atoms with Crippen LogP contribution in [0.5, 0.6) is 0 Å². The van der Waals surface area contributed by atoms with Crippen molar-refractivity contribution in [3.8, 4) is 0 Å². The molecule has 26 heavy (non-hydrogen) atoms. The molecule has 4 aliphatic rings. The van der Waals surface area contributed by atoms with E-state index in [0.717, 1.165) is 0 Å². The van der Waals surface area contributed by atoms with Crippen molar-refractivity contribution in [1.29, 1.82) is 0 Å². The van der Waals surface area contributed by atoms with E-state index in [9.17, 15) is 0 Å². The Labute approximate surface area is 153 Å². The predicted molar refractivity (Wildman–Crippen MR) is 106 cm³/mol. The fourth-order valence-electron chi connectivity index (χ4n) is 6.38. The van der Waals surface area contributed by atoms with Crippen LogP contribution in [0.4, 0.5) is 0 Å². The molecule has 0 saturated carbocycles. The first-order valence-electron chi connectivity index (χ1n) is 9.62. The molecule has 0 radical (unpaired) electrons. The zero-order chi connectivity index (χ0) is 16.8. The van der Waals surface area contributed by atoms with Gasteiger partial charge in [0.1, 0.15) is 0 Å². The molecule has 2 bridgehead atoms. The van der Waals surface area contributed by atoms with Gasteiger partial charge < -0.3 is 0 Å². The van der Waals surface area contributed by atoms with E-state index in [1.165, 1.54) is 10.8 Å². The Morgan fingerprint density at radius 2 is 0.769 bits per heavy atom. The maximum absolute atomic E-state index is 2.39. The minimum absolute atomic E-state index is 0.482. The summed E-state index contributed by atoms with van der Waals surface area (Å²) in [5.74, 6) is 2.11. The highest BCUT2D eigenvalue weighted by Crippen LogP contribution is 2.68. The molecule has 0 heteroatoms. The molecule has 0 saturated heterocycles. The van der Waals surface area contributed by atoms with Gasteiger partial charge in [0, 0.05) is 23.7 Å². The van der Waals surface area contributed by atoms with Crippen LogP contribution in [0, 0.1) is 0 Å². The largest absolute Gasteiger partial charge is 0.0620 e. The SMILES string of the molecule is c1ccc2c(c1)C1c3ccccc3C2C2c3cccc4cccc(c34)C12. The van der Waals surface area contributed by atoms with Gasteiger partial charge in [0.2, 0.25) is 0 Å². The quantitative estimate of drug-likeness (QED) is 0.354. The Bertz CT molecular complexity index is 1080. The second kappa shape index (κ2) is 4.45. The Morgan fingerprint density at radius 3 is 1.19 bits per heavy atom. The molecule has 4 aromatic rings. The molecule has 0 aliphatic heterocycles. The first-order valence-corrected chi connectivity index (χ1v) is 9.62. The van der Waals surface area contributed by atoms with E-state index in [0.29, 0.717) is 23.7 Å². The van der Waals surface area contributed by atoms with E-state index in [1.807, 2.05) is 0 Å². The summed E-state index contributed by atoms with van der Waals surface area (Å²) in [5.41, 5.74) is 9.37. The Kier molecular flexibility index (Phi) is 2.29. The van der Waals surface area contributed by atoms with Gasteiger partial charge in [-0.15, -0.1) is 0 Å². The molecule has 0 spiro atoms. The summed E-state index contributed by atoms with van der Waals surface area (Å²) in [6.45, 7) is 0. The van der Waals surface area contributed by atoms with Crippen molar-refractivity contribution >= 4 is 10.8 Å². The van der Waals surface area contributed by atoms with Crippen molar-refractivity contribution in [3.05, 3.63) is 118 Å². The van der Waals surface area contributed by atoms with Crippen LogP contribution in [0.3, 0.4) is 0 Å². The van der Waals surface area contributed by atoms with Gasteiger partial charge in [-0.2, -0.15) is 0 Å². The fraction of sp³-hybridized carbons (Fsp3) is 0.154. The molecule has 2 unspecified atom stereocenters. The lowest BCUT2D eigenvalue weighted by Crippen LogP contribution is -2.35. The first kappa shape index (κ1) is 13.4. The summed E-state index contributed by atoms with van der Waals surface area (Å²) in [6, 6.07) is 32.2. The lowest BCUT2D eigenvalue weighted by molar-refractivity contribution is 0.402. The van der Waals surface area contributed by atoms with Gasteiger partial charge in [-0.3, -0.25) is 0 Å². The number of hydrogen-bond acceptors (Lipinski definition) is 0. The van der Waals surface area contributed by atoms with Gasteiger partial charge >= 0.3 is 0 Å². The molecule has 122 valence electrons. The molecule has 2 atom stereocenters. The van der Waals surface area contributed by atoms with Gasteiger partial charge in [-0.25, -0.2) is 0 Å². The van der Waals surface area contributed by atoms with Crippen molar-refractivity contribution in [2.24, 2.45) is 0 Å². The Balaban J connectivity index is 1.64. The molecule has 0 amide bonds. The van der Waals surface area contributed by atoms with Crippen molar-refractivity contribution < 1.29 is 0 Å². The van der Waals surface area contributed by atoms with E-state index < -0.39 is 0 Å². The normalized spacial score (nSPS) is 26.5. The molecule has 8 rings (SSSR count). The first-order chi connectivity index (χ1) is 12.9. The zero-order valence-corrected chi connectivity index (χ0v) is 14.4. The number of benzene rings is 4. The average Bonchev–Trinajstić information content (AvgIpc) is 3.05. The second-order valence-electron chi connectivity index (χ2n) is 8.06. The van der Waals surface area contributed by atoms with Crippen molar-refractivity contribution in [1.82, 2.24) is 0 Å². The van der Waals surface area contributed by atoms with Crippen LogP contribution in [0.25, 0.3) is 10.8 Å². The van der Waals surface area contributed by atoms with E-state index in [-0.39, 0.29) is 0 Å². The number of rotatable bonds is 0. The topological polar surface area (TPSA) is 0 Å². The van der Waals surface area contributed by atoms with Crippen LogP contribution in [0.15, 0.2) is 84.9 Å². The van der Waals surface area contributed by atoms with E-state index >= 15 is 0 Å². The molecule has 4 aliphatic carbocycles. The summed E-state index contributed by atoms with van der Waals surface area (Å²) in [7, 11) is 0. The summed E-state index contributed by atoms with van der Waals surface area (Å²) >= 11 is 0. The van der Waals surface area contributed by atoms with Gasteiger partial charge in [-0.05, 0) is 44.2 Å². The highest BCUT2D eigenvalue weighted by atomic mass is 14.6. The predicted octanol–water partition coefficient (Wildman–Crippen LogP) is 6.31. The third kappa shape index (κ3) is 1.37. The minimum atomic E-state index is 0.482. The Morgan fingerprint density at radius 1 is 0.385 bits per heavy atom. The summed E-state index contributed by atoms with van der Waals surface area (Å²) < 4.78 is 0. The van der Waals surface area contributed by atoms with E-state index in [2.05, 4.69) is 84.9 Å². The monoisotopic (exact) mass is 330 g/mol. The van der Waals surface area contributed by atoms with Crippen LogP contribution in [0.1, 0.15) is 57.1 Å². The van der Waals surface area contributed by atoms with Crippen LogP contribution < -0.4 is 0 Å². The minimum Gasteiger partial charge on any atom is -0.0620 e. The third-order valence-corrected chi connectivity index (χ3v) is 7.12. The van der Waals surface area contributed by atoms with E-state index in [1.54, 1.807) is 33.4 Å². The van der Waals surface area contributed by atoms with E-state index in [4.69, 9.17) is 0 Å². The highest BCUT2D eigenvalue weighted by molar-refractivity contribution is 5.93. The molecule has 0 fully saturated rings. The number of hydrogen-bond donors (Lipinski definition) is 0. The average molecular weight is 330 g/mol. The molecule has 4 aromatic carbocycles. The van der Waals surface area contributed by atoms with Crippen LogP contribution in [0.2, 0.25) is 0 Å². The maximum Gasteiger partial charge on any atom is 0.0170 e. The standard InChI is InChI=1S/C26H18/c1-2-10-17-16(9-1)23-18-11-3-4-12-19(18)24(17)26-21-14-6-8-15-7-5-13-20(22(15)21)25(23)26/h1-14,23-26H. The van der Waals surface area contributed by atoms with Crippen molar-refractivity contribution in [2.45, 2.75) is 23.7 Å². The molecule has 0 heterocycles. The van der Waals surface area contributed by atoms with Crippen molar-refractivity contribution in [2.75, 3.05) is 0 Å². The summed E-state index contributed by atoms with van der Waals surface area (Å²) in [5, 5.41) is 2.93. The molecular formula is C26H18. The van der Waals surface area contributed by atoms with Gasteiger partial charge in [0.05, 0.1) is 0 Å². The third-order valence-electron chi connectivity index (χ3n) is 7.12. The van der Waals surface area contributed by atoms with Crippen LogP contribution >= 0.6 is 0 Å². The highest BCUT2D eigenvalue weighted by Gasteiger charge is 2.53. The fourth-order valence-corrected chi connectivity index (χ4v) is 6.38. The Hall–Kier alpha value is -2.86. The van der Waals surface area contributed by atoms with Gasteiger partial charge in [-0.1, -0.05) is 84.9 Å². The summed E-state index contributed by atoms with van der Waals surface area (Å²) in [6.07, 6.45) is 0. The van der Waals surface area contributed by atoms with Crippen molar-refractivity contribution in [3.63, 3.8) is 0 Å². The molecular weight excluding hydrogens is 312 g/mol. The van der Waals surface area contributed by atoms with Crippen LogP contribution in [-0.4, -0.2) is 0 Å². The summed E-state index contributed by atoms with van der Waals surface area (Å²) in [4.78, 5) is 0. The molecule has 0 nitrogen and oxygen atoms in total. The van der Waals surface area contributed by atoms with Gasteiger partial charge in [0.15, 0.2) is 0 Å². The van der Waals surface area contributed by atoms with Crippen LogP contribution in [-0.2, 0) is 0 Å². The van der Waals surface area contributed by atoms with Gasteiger partial charge in [0.25, 0.3) is 0 Å². The zero-order valence-electron chi connectivity index (χ0n) is 14.4. The molecule has 0 aromatic heterocycles.